The summed E-state index contributed by atoms with van der Waals surface area (Å²) in [6.07, 6.45) is 2.08. The van der Waals surface area contributed by atoms with Gasteiger partial charge in [0.1, 0.15) is 0 Å². The molecule has 2 amide bonds. The molecular formula is C14H25N3O2. The van der Waals surface area contributed by atoms with Crippen LogP contribution in [-0.2, 0) is 9.59 Å². The van der Waals surface area contributed by atoms with Gasteiger partial charge in [0.25, 0.3) is 0 Å². The first-order valence-corrected chi connectivity index (χ1v) is 7.38. The Kier molecular flexibility index (Phi) is 4.80. The fraction of sp³-hybridized carbons (Fsp3) is 0.857. The Bertz CT molecular complexity index is 330. The van der Waals surface area contributed by atoms with Crippen LogP contribution in [0.1, 0.15) is 26.7 Å². The first kappa shape index (κ1) is 14.3. The number of nitrogens with one attached hydrogen (secondary N) is 1. The van der Waals surface area contributed by atoms with Gasteiger partial charge in [0, 0.05) is 38.6 Å². The molecule has 2 heterocycles. The molecule has 0 radical (unpaired) electrons. The van der Waals surface area contributed by atoms with E-state index in [1.165, 1.54) is 0 Å². The Balaban J connectivity index is 1.82. The Hall–Kier alpha value is -1.10. The van der Waals surface area contributed by atoms with Gasteiger partial charge in [-0.05, 0) is 19.4 Å². The van der Waals surface area contributed by atoms with E-state index in [-0.39, 0.29) is 23.7 Å². The molecule has 1 N–H and O–H groups in total. The second-order valence-electron chi connectivity index (χ2n) is 5.85. The molecule has 0 spiro atoms. The number of hydrogen-bond acceptors (Lipinski definition) is 3. The fourth-order valence-electron chi connectivity index (χ4n) is 2.83. The van der Waals surface area contributed by atoms with Crippen LogP contribution in [0.25, 0.3) is 0 Å². The average Bonchev–Trinajstić information content (AvgIpc) is 2.46. The maximum Gasteiger partial charge on any atom is 0.227 e. The molecule has 5 nitrogen and oxygen atoms in total. The molecule has 0 saturated carbocycles. The lowest BCUT2D eigenvalue weighted by molar-refractivity contribution is -0.143. The number of rotatable bonds is 2. The summed E-state index contributed by atoms with van der Waals surface area (Å²) >= 11 is 0. The van der Waals surface area contributed by atoms with E-state index in [1.54, 1.807) is 0 Å². The summed E-state index contributed by atoms with van der Waals surface area (Å²) in [5.74, 6) is 0.654. The third kappa shape index (κ3) is 3.47. The molecule has 0 aliphatic carbocycles. The van der Waals surface area contributed by atoms with Crippen molar-refractivity contribution in [3.05, 3.63) is 0 Å². The van der Waals surface area contributed by atoms with E-state index in [9.17, 15) is 9.59 Å². The van der Waals surface area contributed by atoms with Crippen LogP contribution in [0.15, 0.2) is 0 Å². The quantitative estimate of drug-likeness (QED) is 0.783. The van der Waals surface area contributed by atoms with Gasteiger partial charge in [-0.1, -0.05) is 13.8 Å². The first-order valence-electron chi connectivity index (χ1n) is 7.38. The zero-order valence-electron chi connectivity index (χ0n) is 12.0. The van der Waals surface area contributed by atoms with Crippen molar-refractivity contribution < 1.29 is 9.59 Å². The van der Waals surface area contributed by atoms with E-state index in [1.807, 2.05) is 23.6 Å². The number of amides is 2. The van der Waals surface area contributed by atoms with Crippen LogP contribution >= 0.6 is 0 Å². The lowest BCUT2D eigenvalue weighted by Crippen LogP contribution is -2.54. The van der Waals surface area contributed by atoms with Crippen molar-refractivity contribution in [3.8, 4) is 0 Å². The van der Waals surface area contributed by atoms with Gasteiger partial charge in [-0.3, -0.25) is 9.59 Å². The molecule has 2 rings (SSSR count). The van der Waals surface area contributed by atoms with Crippen LogP contribution in [0.2, 0.25) is 0 Å². The number of carbonyl (C=O) groups is 2. The van der Waals surface area contributed by atoms with Crippen LogP contribution in [0, 0.1) is 11.8 Å². The summed E-state index contributed by atoms with van der Waals surface area (Å²) in [5.41, 5.74) is 0. The van der Waals surface area contributed by atoms with E-state index < -0.39 is 0 Å². The monoisotopic (exact) mass is 267 g/mol. The molecule has 0 aromatic rings. The van der Waals surface area contributed by atoms with Gasteiger partial charge >= 0.3 is 0 Å². The van der Waals surface area contributed by atoms with Gasteiger partial charge in [0.05, 0.1) is 5.92 Å². The lowest BCUT2D eigenvalue weighted by atomic mass is 9.98. The molecule has 5 heteroatoms. The Labute approximate surface area is 115 Å². The summed E-state index contributed by atoms with van der Waals surface area (Å²) in [6, 6.07) is 0. The van der Waals surface area contributed by atoms with Crippen molar-refractivity contribution in [2.24, 2.45) is 11.8 Å². The van der Waals surface area contributed by atoms with Crippen molar-refractivity contribution in [3.63, 3.8) is 0 Å². The minimum Gasteiger partial charge on any atom is -0.339 e. The standard InChI is InChI=1S/C14H25N3O2/c1-11(2)13(18)16-6-8-17(9-7-16)14(19)12-4-3-5-15-10-12/h11-12,15H,3-10H2,1-2H3. The van der Waals surface area contributed by atoms with Gasteiger partial charge < -0.3 is 15.1 Å². The van der Waals surface area contributed by atoms with E-state index in [0.29, 0.717) is 26.2 Å². The fourth-order valence-corrected chi connectivity index (χ4v) is 2.83. The highest BCUT2D eigenvalue weighted by Gasteiger charge is 2.29. The largest absolute Gasteiger partial charge is 0.339 e. The van der Waals surface area contributed by atoms with Crippen molar-refractivity contribution in [2.75, 3.05) is 39.3 Å². The molecular weight excluding hydrogens is 242 g/mol. The van der Waals surface area contributed by atoms with Crippen molar-refractivity contribution >= 4 is 11.8 Å². The predicted molar refractivity (Wildman–Crippen MR) is 73.6 cm³/mol. The molecule has 2 aliphatic heterocycles. The second kappa shape index (κ2) is 6.37. The third-order valence-corrected chi connectivity index (χ3v) is 4.04. The maximum atomic E-state index is 12.3. The molecule has 19 heavy (non-hydrogen) atoms. The lowest BCUT2D eigenvalue weighted by Gasteiger charge is -2.37. The Morgan fingerprint density at radius 2 is 1.74 bits per heavy atom. The normalized spacial score (nSPS) is 24.7. The molecule has 2 saturated heterocycles. The van der Waals surface area contributed by atoms with Crippen molar-refractivity contribution in [1.82, 2.24) is 15.1 Å². The number of nitrogens with zero attached hydrogens (tertiary/aromatic N) is 2. The molecule has 108 valence electrons. The third-order valence-electron chi connectivity index (χ3n) is 4.04. The van der Waals surface area contributed by atoms with Crippen LogP contribution in [-0.4, -0.2) is 60.9 Å². The molecule has 2 aliphatic rings. The second-order valence-corrected chi connectivity index (χ2v) is 5.85. The molecule has 0 bridgehead atoms. The van der Waals surface area contributed by atoms with Crippen molar-refractivity contribution in [1.29, 1.82) is 0 Å². The Morgan fingerprint density at radius 1 is 1.11 bits per heavy atom. The van der Waals surface area contributed by atoms with E-state index in [2.05, 4.69) is 5.32 Å². The molecule has 2 fully saturated rings. The topological polar surface area (TPSA) is 52.7 Å². The predicted octanol–water partition coefficient (Wildman–Crippen LogP) is 0.313. The van der Waals surface area contributed by atoms with Crippen LogP contribution in [0.3, 0.4) is 0 Å². The average molecular weight is 267 g/mol. The maximum absolute atomic E-state index is 12.3. The van der Waals surface area contributed by atoms with Crippen molar-refractivity contribution in [2.45, 2.75) is 26.7 Å². The first-order chi connectivity index (χ1) is 9.09. The van der Waals surface area contributed by atoms with Gasteiger partial charge in [-0.15, -0.1) is 0 Å². The van der Waals surface area contributed by atoms with E-state index in [4.69, 9.17) is 0 Å². The van der Waals surface area contributed by atoms with Gasteiger partial charge in [-0.25, -0.2) is 0 Å². The zero-order valence-corrected chi connectivity index (χ0v) is 12.0. The van der Waals surface area contributed by atoms with E-state index in [0.717, 1.165) is 25.9 Å². The summed E-state index contributed by atoms with van der Waals surface area (Å²) in [6.45, 7) is 8.43. The highest BCUT2D eigenvalue weighted by molar-refractivity contribution is 5.81. The SMILES string of the molecule is CC(C)C(=O)N1CCN(C(=O)C2CCCNC2)CC1. The van der Waals surface area contributed by atoms with E-state index >= 15 is 0 Å². The number of hydrogen-bond donors (Lipinski definition) is 1. The van der Waals surface area contributed by atoms with Crippen LogP contribution < -0.4 is 5.32 Å². The highest BCUT2D eigenvalue weighted by Crippen LogP contribution is 2.15. The molecule has 1 atom stereocenters. The number of piperazine rings is 1. The smallest absolute Gasteiger partial charge is 0.227 e. The summed E-state index contributed by atoms with van der Waals surface area (Å²) in [4.78, 5) is 28.0. The van der Waals surface area contributed by atoms with Gasteiger partial charge in [0.2, 0.25) is 11.8 Å². The molecule has 0 aromatic carbocycles. The van der Waals surface area contributed by atoms with Gasteiger partial charge in [-0.2, -0.15) is 0 Å². The van der Waals surface area contributed by atoms with Crippen LogP contribution in [0.4, 0.5) is 0 Å². The summed E-state index contributed by atoms with van der Waals surface area (Å²) in [7, 11) is 0. The molecule has 0 aromatic heterocycles. The van der Waals surface area contributed by atoms with Gasteiger partial charge in [0.15, 0.2) is 0 Å². The zero-order chi connectivity index (χ0) is 13.8. The molecule has 1 unspecified atom stereocenters. The number of carbonyl (C=O) groups excluding carboxylic acids is 2. The highest BCUT2D eigenvalue weighted by atomic mass is 16.2. The Morgan fingerprint density at radius 3 is 2.26 bits per heavy atom. The minimum atomic E-state index is 0.0461. The number of piperidine rings is 1. The minimum absolute atomic E-state index is 0.0461. The summed E-state index contributed by atoms with van der Waals surface area (Å²) in [5, 5.41) is 3.28. The van der Waals surface area contributed by atoms with Crippen LogP contribution in [0.5, 0.6) is 0 Å². The summed E-state index contributed by atoms with van der Waals surface area (Å²) < 4.78 is 0.